The molecule has 0 spiro atoms. The van der Waals surface area contributed by atoms with Crippen molar-refractivity contribution in [2.45, 2.75) is 161 Å². The van der Waals surface area contributed by atoms with E-state index in [2.05, 4.69) is 18.7 Å². The molecule has 0 fully saturated rings. The molecule has 0 aliphatic heterocycles. The zero-order chi connectivity index (χ0) is 26.2. The number of aliphatic hydroxyl groups excluding tert-OH is 2. The molecule has 0 aromatic heterocycles. The molecule has 0 aromatic rings. The van der Waals surface area contributed by atoms with Gasteiger partial charge in [0.1, 0.15) is 0 Å². The van der Waals surface area contributed by atoms with Crippen LogP contribution in [0.1, 0.15) is 149 Å². The van der Waals surface area contributed by atoms with Gasteiger partial charge in [0.2, 0.25) is 0 Å². The largest absolute Gasteiger partial charge is 0.481 e. The minimum absolute atomic E-state index is 0.354. The van der Waals surface area contributed by atoms with E-state index < -0.39 is 18.2 Å². The first kappa shape index (κ1) is 34.4. The standard InChI is InChI=1S/C30H61NO4/c1-4-7-9-11-13-15-17-19-21-28(32)25-31(24-23-27(6-3)30(34)35)26-29(33)22-20-18-16-14-12-10-8-5-2/h27-29,32-33H,4-26H2,1-3H3,(H,34,35). The molecule has 0 aromatic carbocycles. The molecular weight excluding hydrogens is 438 g/mol. The molecule has 5 nitrogen and oxygen atoms in total. The van der Waals surface area contributed by atoms with Gasteiger partial charge < -0.3 is 15.3 Å². The van der Waals surface area contributed by atoms with E-state index in [1.807, 2.05) is 6.92 Å². The SMILES string of the molecule is CCCCCCCCCCC(O)CN(CCC(CC)C(=O)O)CC(O)CCCCCCCCCC. The van der Waals surface area contributed by atoms with Gasteiger partial charge in [0.25, 0.3) is 0 Å². The van der Waals surface area contributed by atoms with Gasteiger partial charge >= 0.3 is 5.97 Å². The van der Waals surface area contributed by atoms with Crippen molar-refractivity contribution in [3.8, 4) is 0 Å². The van der Waals surface area contributed by atoms with Crippen LogP contribution in [0.15, 0.2) is 0 Å². The molecule has 210 valence electrons. The molecule has 0 saturated carbocycles. The number of unbranched alkanes of at least 4 members (excludes halogenated alkanes) is 14. The molecule has 5 heteroatoms. The first-order chi connectivity index (χ1) is 16.9. The molecule has 0 saturated heterocycles. The summed E-state index contributed by atoms with van der Waals surface area (Å²) in [7, 11) is 0. The average molecular weight is 500 g/mol. The second kappa shape index (κ2) is 25.0. The highest BCUT2D eigenvalue weighted by atomic mass is 16.4. The maximum atomic E-state index is 11.4. The lowest BCUT2D eigenvalue weighted by molar-refractivity contribution is -0.142. The number of hydrogen-bond donors (Lipinski definition) is 3. The lowest BCUT2D eigenvalue weighted by Crippen LogP contribution is -2.39. The highest BCUT2D eigenvalue weighted by molar-refractivity contribution is 5.69. The third-order valence-electron chi connectivity index (χ3n) is 7.36. The Bertz CT molecular complexity index is 432. The third-order valence-corrected chi connectivity index (χ3v) is 7.36. The number of aliphatic hydroxyl groups is 2. The summed E-state index contributed by atoms with van der Waals surface area (Å²) < 4.78 is 0. The molecule has 0 heterocycles. The summed E-state index contributed by atoms with van der Waals surface area (Å²) in [6.45, 7) is 8.07. The van der Waals surface area contributed by atoms with Crippen molar-refractivity contribution in [2.24, 2.45) is 5.92 Å². The van der Waals surface area contributed by atoms with Gasteiger partial charge in [-0.15, -0.1) is 0 Å². The molecule has 0 aliphatic carbocycles. The van der Waals surface area contributed by atoms with E-state index in [-0.39, 0.29) is 5.92 Å². The highest BCUT2D eigenvalue weighted by Gasteiger charge is 2.20. The van der Waals surface area contributed by atoms with Crippen molar-refractivity contribution in [3.05, 3.63) is 0 Å². The maximum absolute atomic E-state index is 11.4. The van der Waals surface area contributed by atoms with Crippen LogP contribution in [0, 0.1) is 5.92 Å². The van der Waals surface area contributed by atoms with Crippen LogP contribution in [0.4, 0.5) is 0 Å². The number of nitrogens with zero attached hydrogens (tertiary/aromatic N) is 1. The minimum atomic E-state index is -0.744. The predicted molar refractivity (Wildman–Crippen MR) is 149 cm³/mol. The Balaban J connectivity index is 4.32. The van der Waals surface area contributed by atoms with Gasteiger partial charge in [0.05, 0.1) is 18.1 Å². The van der Waals surface area contributed by atoms with E-state index >= 15 is 0 Å². The van der Waals surface area contributed by atoms with Gasteiger partial charge in [-0.3, -0.25) is 9.69 Å². The van der Waals surface area contributed by atoms with Crippen molar-refractivity contribution in [1.82, 2.24) is 4.90 Å². The Kier molecular flexibility index (Phi) is 24.6. The summed E-state index contributed by atoms with van der Waals surface area (Å²) in [6.07, 6.45) is 22.0. The van der Waals surface area contributed by atoms with Crippen molar-refractivity contribution in [1.29, 1.82) is 0 Å². The fraction of sp³-hybridized carbons (Fsp3) is 0.967. The van der Waals surface area contributed by atoms with Gasteiger partial charge in [-0.25, -0.2) is 0 Å². The topological polar surface area (TPSA) is 81.0 Å². The van der Waals surface area contributed by atoms with Crippen molar-refractivity contribution < 1.29 is 20.1 Å². The van der Waals surface area contributed by atoms with E-state index in [1.54, 1.807) is 0 Å². The van der Waals surface area contributed by atoms with Crippen LogP contribution in [0.2, 0.25) is 0 Å². The van der Waals surface area contributed by atoms with E-state index in [0.29, 0.717) is 32.5 Å². The Morgan fingerprint density at radius 2 is 0.971 bits per heavy atom. The van der Waals surface area contributed by atoms with Gasteiger partial charge in [-0.2, -0.15) is 0 Å². The summed E-state index contributed by atoms with van der Waals surface area (Å²) in [5.74, 6) is -1.10. The molecule has 3 N–H and O–H groups in total. The summed E-state index contributed by atoms with van der Waals surface area (Å²) in [5.41, 5.74) is 0. The molecule has 3 unspecified atom stereocenters. The minimum Gasteiger partial charge on any atom is -0.481 e. The average Bonchev–Trinajstić information content (AvgIpc) is 2.82. The molecule has 0 bridgehead atoms. The number of carboxylic acid groups (broad SMARTS) is 1. The van der Waals surface area contributed by atoms with Crippen LogP contribution in [0.3, 0.4) is 0 Å². The Morgan fingerprint density at radius 3 is 1.31 bits per heavy atom. The van der Waals surface area contributed by atoms with Crippen molar-refractivity contribution in [2.75, 3.05) is 19.6 Å². The fourth-order valence-electron chi connectivity index (χ4n) is 4.90. The number of rotatable bonds is 27. The van der Waals surface area contributed by atoms with Gasteiger partial charge in [-0.05, 0) is 32.2 Å². The van der Waals surface area contributed by atoms with Crippen LogP contribution in [0.25, 0.3) is 0 Å². The second-order valence-electron chi connectivity index (χ2n) is 10.8. The van der Waals surface area contributed by atoms with E-state index in [1.165, 1.54) is 89.9 Å². The lowest BCUT2D eigenvalue weighted by Gasteiger charge is -2.28. The monoisotopic (exact) mass is 499 g/mol. The molecular formula is C30H61NO4. The third kappa shape index (κ3) is 22.3. The highest BCUT2D eigenvalue weighted by Crippen LogP contribution is 2.15. The Morgan fingerprint density at radius 1 is 0.600 bits per heavy atom. The van der Waals surface area contributed by atoms with Gasteiger partial charge in [0, 0.05) is 13.1 Å². The normalized spacial score (nSPS) is 14.3. The number of carboxylic acids is 1. The molecule has 0 radical (unpaired) electrons. The van der Waals surface area contributed by atoms with Crippen LogP contribution < -0.4 is 0 Å². The number of hydrogen-bond acceptors (Lipinski definition) is 4. The fourth-order valence-corrected chi connectivity index (χ4v) is 4.90. The van der Waals surface area contributed by atoms with E-state index in [0.717, 1.165) is 25.7 Å². The summed E-state index contributed by atoms with van der Waals surface area (Å²) >= 11 is 0. The lowest BCUT2D eigenvalue weighted by atomic mass is 10.0. The van der Waals surface area contributed by atoms with Crippen molar-refractivity contribution in [3.63, 3.8) is 0 Å². The number of carbonyl (C=O) groups is 1. The quantitative estimate of drug-likeness (QED) is 0.102. The molecule has 0 aliphatic rings. The van der Waals surface area contributed by atoms with E-state index in [9.17, 15) is 20.1 Å². The Labute approximate surface area is 218 Å². The molecule has 3 atom stereocenters. The van der Waals surface area contributed by atoms with E-state index in [4.69, 9.17) is 0 Å². The summed E-state index contributed by atoms with van der Waals surface area (Å²) in [4.78, 5) is 13.5. The van der Waals surface area contributed by atoms with Gasteiger partial charge in [0.15, 0.2) is 0 Å². The zero-order valence-corrected chi connectivity index (χ0v) is 23.7. The molecule has 0 amide bonds. The summed E-state index contributed by atoms with van der Waals surface area (Å²) in [5, 5.41) is 30.7. The van der Waals surface area contributed by atoms with Crippen molar-refractivity contribution >= 4 is 5.97 Å². The first-order valence-corrected chi connectivity index (χ1v) is 15.3. The second-order valence-corrected chi connectivity index (χ2v) is 10.8. The van der Waals surface area contributed by atoms with Crippen LogP contribution in [-0.4, -0.2) is 58.0 Å². The van der Waals surface area contributed by atoms with Gasteiger partial charge in [-0.1, -0.05) is 124 Å². The molecule has 0 rings (SSSR count). The maximum Gasteiger partial charge on any atom is 0.306 e. The zero-order valence-electron chi connectivity index (χ0n) is 23.7. The number of aliphatic carboxylic acids is 1. The van der Waals surface area contributed by atoms with Crippen LogP contribution in [-0.2, 0) is 4.79 Å². The predicted octanol–water partition coefficient (Wildman–Crippen LogP) is 7.57. The van der Waals surface area contributed by atoms with Crippen LogP contribution >= 0.6 is 0 Å². The first-order valence-electron chi connectivity index (χ1n) is 15.3. The van der Waals surface area contributed by atoms with Crippen LogP contribution in [0.5, 0.6) is 0 Å². The Hall–Kier alpha value is -0.650. The summed E-state index contributed by atoms with van der Waals surface area (Å²) in [6, 6.07) is 0. The smallest absolute Gasteiger partial charge is 0.306 e. The molecule has 35 heavy (non-hydrogen) atoms.